The monoisotopic (exact) mass is 183 g/mol. The van der Waals surface area contributed by atoms with Crippen LogP contribution in [-0.2, 0) is 12.8 Å². The fraction of sp³-hybridized carbons (Fsp3) is 0.250. The van der Waals surface area contributed by atoms with E-state index in [0.29, 0.717) is 5.76 Å². The fourth-order valence-corrected chi connectivity index (χ4v) is 2.28. The van der Waals surface area contributed by atoms with Gasteiger partial charge in [-0.1, -0.05) is 12.1 Å². The topological polar surface area (TPSA) is 36.9 Å². The molecule has 1 heterocycles. The molecule has 1 aromatic carbocycles. The number of benzene rings is 1. The van der Waals surface area contributed by atoms with E-state index in [-0.39, 0.29) is 0 Å². The van der Waals surface area contributed by atoms with Gasteiger partial charge in [-0.2, -0.15) is 5.26 Å². The number of aryl methyl sites for hydroxylation is 2. The van der Waals surface area contributed by atoms with Gasteiger partial charge < -0.3 is 4.42 Å². The highest BCUT2D eigenvalue weighted by Crippen LogP contribution is 2.33. The first-order valence-corrected chi connectivity index (χ1v) is 4.83. The second-order valence-corrected chi connectivity index (χ2v) is 3.67. The van der Waals surface area contributed by atoms with E-state index in [0.717, 1.165) is 30.4 Å². The molecule has 0 unspecified atom stereocenters. The third-order valence-electron chi connectivity index (χ3n) is 2.87. The molecule has 0 radical (unpaired) electrons. The zero-order chi connectivity index (χ0) is 9.54. The van der Waals surface area contributed by atoms with Gasteiger partial charge in [-0.15, -0.1) is 0 Å². The van der Waals surface area contributed by atoms with Gasteiger partial charge in [-0.3, -0.25) is 0 Å². The van der Waals surface area contributed by atoms with Gasteiger partial charge in [0.15, 0.2) is 0 Å². The first kappa shape index (κ1) is 7.64. The van der Waals surface area contributed by atoms with Gasteiger partial charge in [-0.25, -0.2) is 0 Å². The van der Waals surface area contributed by atoms with Crippen molar-refractivity contribution in [1.82, 2.24) is 0 Å². The molecule has 0 saturated carbocycles. The summed E-state index contributed by atoms with van der Waals surface area (Å²) in [5, 5.41) is 10.1. The maximum absolute atomic E-state index is 8.92. The molecule has 14 heavy (non-hydrogen) atoms. The average Bonchev–Trinajstić information content (AvgIpc) is 2.60. The van der Waals surface area contributed by atoms with Gasteiger partial charge in [0.05, 0.1) is 0 Å². The highest BCUT2D eigenvalue weighted by atomic mass is 16.3. The van der Waals surface area contributed by atoms with E-state index in [2.05, 4.69) is 12.1 Å². The summed E-state index contributed by atoms with van der Waals surface area (Å²) in [6.45, 7) is 0. The normalized spacial score (nSPS) is 14.2. The van der Waals surface area contributed by atoms with Crippen molar-refractivity contribution < 1.29 is 4.42 Å². The molecule has 1 aliphatic carbocycles. The van der Waals surface area contributed by atoms with Gasteiger partial charge in [0.2, 0.25) is 5.76 Å². The van der Waals surface area contributed by atoms with Gasteiger partial charge in [-0.05, 0) is 30.9 Å². The molecule has 3 rings (SSSR count). The number of furan rings is 1. The Morgan fingerprint density at radius 2 is 2.21 bits per heavy atom. The summed E-state index contributed by atoms with van der Waals surface area (Å²) >= 11 is 0. The Balaban J connectivity index is 2.49. The molecular weight excluding hydrogens is 174 g/mol. The molecule has 2 heteroatoms. The van der Waals surface area contributed by atoms with Crippen molar-refractivity contribution in [3.63, 3.8) is 0 Å². The van der Waals surface area contributed by atoms with Crippen LogP contribution in [-0.4, -0.2) is 0 Å². The Morgan fingerprint density at radius 3 is 3.07 bits per heavy atom. The third kappa shape index (κ3) is 0.843. The van der Waals surface area contributed by atoms with Gasteiger partial charge in [0, 0.05) is 10.9 Å². The lowest BCUT2D eigenvalue weighted by Gasteiger charge is -2.10. The van der Waals surface area contributed by atoms with E-state index >= 15 is 0 Å². The number of rotatable bonds is 0. The van der Waals surface area contributed by atoms with Crippen molar-refractivity contribution in [1.29, 1.82) is 5.26 Å². The van der Waals surface area contributed by atoms with Crippen LogP contribution < -0.4 is 0 Å². The summed E-state index contributed by atoms with van der Waals surface area (Å²) in [7, 11) is 0. The molecule has 0 N–H and O–H groups in total. The summed E-state index contributed by atoms with van der Waals surface area (Å²) in [5.41, 5.74) is 3.31. The van der Waals surface area contributed by atoms with Crippen LogP contribution in [0.3, 0.4) is 0 Å². The lowest BCUT2D eigenvalue weighted by atomic mass is 9.92. The molecule has 2 aromatic rings. The molecule has 0 bridgehead atoms. The molecule has 0 fully saturated rings. The number of nitrogens with zero attached hydrogens (tertiary/aromatic N) is 1. The Hall–Kier alpha value is -1.75. The van der Waals surface area contributed by atoms with Crippen LogP contribution in [0.15, 0.2) is 22.6 Å². The van der Waals surface area contributed by atoms with Crippen LogP contribution in [0.2, 0.25) is 0 Å². The van der Waals surface area contributed by atoms with Crippen molar-refractivity contribution in [3.8, 4) is 6.07 Å². The zero-order valence-corrected chi connectivity index (χ0v) is 7.71. The molecule has 0 aliphatic heterocycles. The second-order valence-electron chi connectivity index (χ2n) is 3.67. The lowest BCUT2D eigenvalue weighted by molar-refractivity contribution is 0.592. The smallest absolute Gasteiger partial charge is 0.207 e. The summed E-state index contributed by atoms with van der Waals surface area (Å²) in [6, 6.07) is 8.19. The quantitative estimate of drug-likeness (QED) is 0.629. The predicted octanol–water partition coefficient (Wildman–Crippen LogP) is 2.79. The molecule has 0 atom stereocenters. The van der Waals surface area contributed by atoms with Crippen molar-refractivity contribution >= 4 is 11.0 Å². The first-order chi connectivity index (χ1) is 6.90. The average molecular weight is 183 g/mol. The minimum absolute atomic E-state index is 0.507. The van der Waals surface area contributed by atoms with E-state index < -0.39 is 0 Å². The van der Waals surface area contributed by atoms with E-state index in [9.17, 15) is 0 Å². The minimum Gasteiger partial charge on any atom is -0.445 e. The molecule has 0 spiro atoms. The largest absolute Gasteiger partial charge is 0.445 e. The van der Waals surface area contributed by atoms with Crippen LogP contribution in [0.25, 0.3) is 11.0 Å². The minimum atomic E-state index is 0.507. The summed E-state index contributed by atoms with van der Waals surface area (Å²) in [4.78, 5) is 0. The van der Waals surface area contributed by atoms with E-state index in [1.54, 1.807) is 0 Å². The van der Waals surface area contributed by atoms with E-state index in [1.807, 2.05) is 12.1 Å². The van der Waals surface area contributed by atoms with Crippen molar-refractivity contribution in [2.45, 2.75) is 19.3 Å². The van der Waals surface area contributed by atoms with Crippen molar-refractivity contribution in [2.75, 3.05) is 0 Å². The lowest BCUT2D eigenvalue weighted by Crippen LogP contribution is -1.98. The van der Waals surface area contributed by atoms with Crippen LogP contribution >= 0.6 is 0 Å². The van der Waals surface area contributed by atoms with E-state index in [4.69, 9.17) is 9.68 Å². The Labute approximate surface area is 81.8 Å². The molecule has 0 saturated heterocycles. The Morgan fingerprint density at radius 1 is 1.29 bits per heavy atom. The predicted molar refractivity (Wildman–Crippen MR) is 53.0 cm³/mol. The maximum Gasteiger partial charge on any atom is 0.207 e. The highest BCUT2D eigenvalue weighted by molar-refractivity contribution is 5.87. The molecule has 1 aromatic heterocycles. The Kier molecular flexibility index (Phi) is 1.43. The fourth-order valence-electron chi connectivity index (χ4n) is 2.28. The summed E-state index contributed by atoms with van der Waals surface area (Å²) in [6.07, 6.45) is 3.21. The van der Waals surface area contributed by atoms with E-state index in [1.165, 1.54) is 10.9 Å². The Bertz CT molecular complexity index is 545. The van der Waals surface area contributed by atoms with Crippen LogP contribution in [0.1, 0.15) is 23.3 Å². The second kappa shape index (κ2) is 2.62. The number of hydrogen-bond acceptors (Lipinski definition) is 2. The third-order valence-corrected chi connectivity index (χ3v) is 2.87. The van der Waals surface area contributed by atoms with Crippen LogP contribution in [0.5, 0.6) is 0 Å². The molecule has 0 amide bonds. The molecule has 1 aliphatic rings. The maximum atomic E-state index is 8.92. The summed E-state index contributed by atoms with van der Waals surface area (Å²) < 4.78 is 5.50. The molecule has 68 valence electrons. The highest BCUT2D eigenvalue weighted by Gasteiger charge is 2.19. The van der Waals surface area contributed by atoms with Crippen molar-refractivity contribution in [2.24, 2.45) is 0 Å². The number of hydrogen-bond donors (Lipinski definition) is 0. The van der Waals surface area contributed by atoms with Crippen LogP contribution in [0, 0.1) is 11.3 Å². The van der Waals surface area contributed by atoms with Crippen LogP contribution in [0.4, 0.5) is 0 Å². The zero-order valence-electron chi connectivity index (χ0n) is 7.71. The first-order valence-electron chi connectivity index (χ1n) is 4.83. The van der Waals surface area contributed by atoms with Crippen molar-refractivity contribution in [3.05, 3.63) is 35.1 Å². The summed E-state index contributed by atoms with van der Waals surface area (Å²) in [5.74, 6) is 0.507. The van der Waals surface area contributed by atoms with Gasteiger partial charge >= 0.3 is 0 Å². The standard InChI is InChI=1S/C12H9NO/c13-7-11-9-5-1-3-8-4-2-6-10(14-11)12(8)9/h2,4,6H,1,3,5H2. The molecular formula is C12H9NO. The van der Waals surface area contributed by atoms with Gasteiger partial charge in [0.25, 0.3) is 0 Å². The molecule has 2 nitrogen and oxygen atoms in total. The SMILES string of the molecule is N#Cc1oc2cccc3c2c1CCC3. The number of nitriles is 1. The van der Waals surface area contributed by atoms with Gasteiger partial charge in [0.1, 0.15) is 11.7 Å².